The van der Waals surface area contributed by atoms with E-state index in [-0.39, 0.29) is 0 Å². The van der Waals surface area contributed by atoms with Crippen molar-refractivity contribution < 1.29 is 9.15 Å². The van der Waals surface area contributed by atoms with Crippen LogP contribution >= 0.6 is 0 Å². The predicted molar refractivity (Wildman–Crippen MR) is 75.9 cm³/mol. The van der Waals surface area contributed by atoms with E-state index in [0.717, 1.165) is 22.9 Å². The molecule has 0 aromatic carbocycles. The number of rotatable bonds is 5. The molecular formula is C14H19N3O2. The number of pyridine rings is 1. The second-order valence-corrected chi connectivity index (χ2v) is 4.47. The number of hydrogen-bond acceptors (Lipinski definition) is 5. The van der Waals surface area contributed by atoms with Crippen molar-refractivity contribution in [3.8, 4) is 5.88 Å². The molecule has 102 valence electrons. The topological polar surface area (TPSA) is 50.5 Å². The molecule has 0 aliphatic heterocycles. The first-order valence-corrected chi connectivity index (χ1v) is 6.11. The first-order valence-electron chi connectivity index (χ1n) is 6.11. The lowest BCUT2D eigenvalue weighted by Crippen LogP contribution is -2.13. The van der Waals surface area contributed by atoms with Crippen LogP contribution in [-0.4, -0.2) is 26.2 Å². The average molecular weight is 261 g/mol. The van der Waals surface area contributed by atoms with Crippen molar-refractivity contribution in [1.82, 2.24) is 4.98 Å². The summed E-state index contributed by atoms with van der Waals surface area (Å²) in [6.45, 7) is 2.52. The van der Waals surface area contributed by atoms with Crippen LogP contribution in [0.2, 0.25) is 0 Å². The van der Waals surface area contributed by atoms with Gasteiger partial charge in [0.25, 0.3) is 0 Å². The van der Waals surface area contributed by atoms with Gasteiger partial charge in [-0.2, -0.15) is 0 Å². The van der Waals surface area contributed by atoms with Gasteiger partial charge in [0.15, 0.2) is 0 Å². The summed E-state index contributed by atoms with van der Waals surface area (Å²) in [6.07, 6.45) is 1.73. The van der Waals surface area contributed by atoms with Crippen molar-refractivity contribution in [1.29, 1.82) is 0 Å². The summed E-state index contributed by atoms with van der Waals surface area (Å²) < 4.78 is 10.8. The van der Waals surface area contributed by atoms with Gasteiger partial charge in [0, 0.05) is 20.3 Å². The third kappa shape index (κ3) is 2.99. The second-order valence-electron chi connectivity index (χ2n) is 4.47. The molecule has 0 aliphatic carbocycles. The van der Waals surface area contributed by atoms with Crippen molar-refractivity contribution in [2.24, 2.45) is 0 Å². The maximum absolute atomic E-state index is 5.54. The maximum atomic E-state index is 5.54. The number of hydrogen-bond donors (Lipinski definition) is 1. The van der Waals surface area contributed by atoms with Crippen LogP contribution in [0, 0.1) is 6.92 Å². The third-order valence-corrected chi connectivity index (χ3v) is 2.80. The fraction of sp³-hybridized carbons (Fsp3) is 0.357. The Hall–Kier alpha value is -2.17. The first-order chi connectivity index (χ1) is 9.11. The Labute approximate surface area is 113 Å². The van der Waals surface area contributed by atoms with Crippen LogP contribution in [0.5, 0.6) is 5.88 Å². The quantitative estimate of drug-likeness (QED) is 0.896. The summed E-state index contributed by atoms with van der Waals surface area (Å²) in [4.78, 5) is 6.23. The second kappa shape index (κ2) is 5.65. The Morgan fingerprint density at radius 3 is 2.68 bits per heavy atom. The van der Waals surface area contributed by atoms with E-state index in [4.69, 9.17) is 9.15 Å². The maximum Gasteiger partial charge on any atom is 0.239 e. The molecule has 0 radical (unpaired) electrons. The van der Waals surface area contributed by atoms with E-state index in [2.05, 4.69) is 10.3 Å². The zero-order valence-electron chi connectivity index (χ0n) is 11.7. The molecule has 2 aromatic rings. The van der Waals surface area contributed by atoms with Gasteiger partial charge >= 0.3 is 0 Å². The number of nitrogens with one attached hydrogen (secondary N) is 1. The van der Waals surface area contributed by atoms with Crippen LogP contribution in [0.15, 0.2) is 28.8 Å². The summed E-state index contributed by atoms with van der Waals surface area (Å²) in [5, 5.41) is 3.32. The molecular weight excluding hydrogens is 242 g/mol. The van der Waals surface area contributed by atoms with E-state index in [1.165, 1.54) is 0 Å². The minimum atomic E-state index is 0.578. The van der Waals surface area contributed by atoms with E-state index in [9.17, 15) is 0 Å². The number of aromatic nitrogens is 1. The monoisotopic (exact) mass is 261 g/mol. The summed E-state index contributed by atoms with van der Waals surface area (Å²) in [7, 11) is 5.58. The Morgan fingerprint density at radius 1 is 1.32 bits per heavy atom. The lowest BCUT2D eigenvalue weighted by Gasteiger charge is -2.19. The molecule has 1 N–H and O–H groups in total. The Balaban J connectivity index is 2.22. The number of methoxy groups -OCH3 is 1. The zero-order valence-corrected chi connectivity index (χ0v) is 11.7. The van der Waals surface area contributed by atoms with Gasteiger partial charge in [-0.15, -0.1) is 0 Å². The molecule has 0 aliphatic rings. The van der Waals surface area contributed by atoms with E-state index in [1.54, 1.807) is 13.3 Å². The fourth-order valence-corrected chi connectivity index (χ4v) is 1.88. The molecule has 0 fully saturated rings. The highest BCUT2D eigenvalue weighted by molar-refractivity contribution is 5.74. The first kappa shape index (κ1) is 13.3. The molecule has 2 heterocycles. The smallest absolute Gasteiger partial charge is 0.239 e. The van der Waals surface area contributed by atoms with Crippen LogP contribution in [0.1, 0.15) is 11.5 Å². The summed E-state index contributed by atoms with van der Waals surface area (Å²) in [6, 6.07) is 5.85. The predicted octanol–water partition coefficient (Wildman–Crippen LogP) is 2.67. The summed E-state index contributed by atoms with van der Waals surface area (Å²) in [5.41, 5.74) is 1.89. The van der Waals surface area contributed by atoms with E-state index < -0.39 is 0 Å². The third-order valence-electron chi connectivity index (χ3n) is 2.80. The number of nitrogens with zero attached hydrogens (tertiary/aromatic N) is 2. The van der Waals surface area contributed by atoms with Gasteiger partial charge in [-0.05, 0) is 25.1 Å². The lowest BCUT2D eigenvalue weighted by atomic mass is 10.3. The van der Waals surface area contributed by atoms with Gasteiger partial charge < -0.3 is 19.4 Å². The van der Waals surface area contributed by atoms with Crippen molar-refractivity contribution in [3.63, 3.8) is 0 Å². The minimum Gasteiger partial charge on any atom is -0.479 e. The van der Waals surface area contributed by atoms with Crippen LogP contribution in [0.3, 0.4) is 0 Å². The summed E-state index contributed by atoms with van der Waals surface area (Å²) in [5.74, 6) is 2.37. The SMILES string of the molecule is COc1nccc(N(C)C)c1NCc1ccc(C)o1. The van der Waals surface area contributed by atoms with Crippen molar-refractivity contribution in [3.05, 3.63) is 35.9 Å². The van der Waals surface area contributed by atoms with Crippen LogP contribution in [0.4, 0.5) is 11.4 Å². The zero-order chi connectivity index (χ0) is 13.8. The van der Waals surface area contributed by atoms with E-state index >= 15 is 0 Å². The highest BCUT2D eigenvalue weighted by atomic mass is 16.5. The van der Waals surface area contributed by atoms with Crippen molar-refractivity contribution >= 4 is 11.4 Å². The molecule has 2 aromatic heterocycles. The number of ether oxygens (including phenoxy) is 1. The highest BCUT2D eigenvalue weighted by Gasteiger charge is 2.12. The molecule has 19 heavy (non-hydrogen) atoms. The van der Waals surface area contributed by atoms with Crippen LogP contribution in [-0.2, 0) is 6.54 Å². The van der Waals surface area contributed by atoms with Crippen molar-refractivity contribution in [2.45, 2.75) is 13.5 Å². The Kier molecular flexibility index (Phi) is 3.94. The Bertz CT molecular complexity index is 549. The van der Waals surface area contributed by atoms with Gasteiger partial charge in [-0.25, -0.2) is 4.98 Å². The molecule has 0 amide bonds. The lowest BCUT2D eigenvalue weighted by molar-refractivity contribution is 0.399. The molecule has 5 nitrogen and oxygen atoms in total. The molecule has 0 unspecified atom stereocenters. The van der Waals surface area contributed by atoms with Crippen LogP contribution in [0.25, 0.3) is 0 Å². The molecule has 0 atom stereocenters. The van der Waals surface area contributed by atoms with Gasteiger partial charge in [0.1, 0.15) is 17.2 Å². The molecule has 5 heteroatoms. The molecule has 0 saturated heterocycles. The highest BCUT2D eigenvalue weighted by Crippen LogP contribution is 2.32. The molecule has 2 rings (SSSR count). The standard InChI is InChI=1S/C14H19N3O2/c1-10-5-6-11(19-10)9-16-13-12(17(2)3)7-8-15-14(13)18-4/h5-8,16H,9H2,1-4H3. The Morgan fingerprint density at radius 2 is 2.11 bits per heavy atom. The number of anilines is 2. The van der Waals surface area contributed by atoms with E-state index in [0.29, 0.717) is 12.4 Å². The van der Waals surface area contributed by atoms with Gasteiger partial charge in [-0.3, -0.25) is 0 Å². The normalized spacial score (nSPS) is 10.3. The van der Waals surface area contributed by atoms with Crippen molar-refractivity contribution in [2.75, 3.05) is 31.4 Å². The average Bonchev–Trinajstić information content (AvgIpc) is 2.81. The molecule has 0 spiro atoms. The number of furan rings is 1. The molecule has 0 saturated carbocycles. The van der Waals surface area contributed by atoms with Crippen LogP contribution < -0.4 is 15.0 Å². The minimum absolute atomic E-state index is 0.578. The van der Waals surface area contributed by atoms with E-state index in [1.807, 2.05) is 44.1 Å². The molecule has 0 bridgehead atoms. The largest absolute Gasteiger partial charge is 0.479 e. The van der Waals surface area contributed by atoms with Gasteiger partial charge in [0.05, 0.1) is 19.3 Å². The number of aryl methyl sites for hydroxylation is 1. The van der Waals surface area contributed by atoms with Gasteiger partial charge in [-0.1, -0.05) is 0 Å². The fourth-order valence-electron chi connectivity index (χ4n) is 1.88. The summed E-state index contributed by atoms with van der Waals surface area (Å²) >= 11 is 0. The van der Waals surface area contributed by atoms with Gasteiger partial charge in [0.2, 0.25) is 5.88 Å².